The monoisotopic (exact) mass is 343 g/mol. The number of hydrogen-bond acceptors (Lipinski definition) is 4. The first-order chi connectivity index (χ1) is 11.7. The molecule has 2 heterocycles. The second-order valence-electron chi connectivity index (χ2n) is 6.31. The number of benzene rings is 1. The van der Waals surface area contributed by atoms with Crippen molar-refractivity contribution in [3.8, 4) is 0 Å². The molecule has 1 aromatic heterocycles. The highest BCUT2D eigenvalue weighted by atomic mass is 32.1. The second-order valence-corrected chi connectivity index (χ2v) is 7.35. The van der Waals surface area contributed by atoms with Crippen LogP contribution in [-0.4, -0.2) is 44.0 Å². The lowest BCUT2D eigenvalue weighted by Gasteiger charge is -2.34. The summed E-state index contributed by atoms with van der Waals surface area (Å²) in [6.45, 7) is 4.99. The van der Waals surface area contributed by atoms with Crippen LogP contribution in [0.4, 0.5) is 5.69 Å². The molecule has 0 atom stereocenters. The molecule has 1 aromatic carbocycles. The molecule has 0 saturated carbocycles. The van der Waals surface area contributed by atoms with E-state index in [1.165, 1.54) is 10.6 Å². The number of amides is 1. The Kier molecular flexibility index (Phi) is 5.88. The van der Waals surface area contributed by atoms with Crippen LogP contribution in [0.25, 0.3) is 0 Å². The van der Waals surface area contributed by atoms with Gasteiger partial charge in [0.25, 0.3) is 0 Å². The van der Waals surface area contributed by atoms with Gasteiger partial charge in [-0.25, -0.2) is 0 Å². The largest absolute Gasteiger partial charge is 0.369 e. The maximum atomic E-state index is 11.9. The topological polar surface area (TPSA) is 35.6 Å². The van der Waals surface area contributed by atoms with Crippen molar-refractivity contribution in [2.75, 3.05) is 38.1 Å². The molecule has 0 unspecified atom stereocenters. The fraction of sp³-hybridized carbons (Fsp3) is 0.421. The number of hydrogen-bond donors (Lipinski definition) is 1. The van der Waals surface area contributed by atoms with Gasteiger partial charge in [-0.2, -0.15) is 0 Å². The first-order valence-electron chi connectivity index (χ1n) is 8.52. The Morgan fingerprint density at radius 3 is 2.54 bits per heavy atom. The Hall–Kier alpha value is -1.85. The molecule has 1 aliphatic rings. The molecule has 0 spiro atoms. The Morgan fingerprint density at radius 1 is 1.12 bits per heavy atom. The average molecular weight is 343 g/mol. The van der Waals surface area contributed by atoms with E-state index in [1.54, 1.807) is 11.3 Å². The zero-order valence-electron chi connectivity index (χ0n) is 14.2. The number of carbonyl (C=O) groups excluding carboxylic acids is 1. The van der Waals surface area contributed by atoms with Crippen LogP contribution in [0.15, 0.2) is 41.8 Å². The zero-order chi connectivity index (χ0) is 16.8. The first-order valence-corrected chi connectivity index (χ1v) is 9.40. The van der Waals surface area contributed by atoms with Gasteiger partial charge in [0.2, 0.25) is 5.91 Å². The molecule has 1 fully saturated rings. The quantitative estimate of drug-likeness (QED) is 0.876. The van der Waals surface area contributed by atoms with Gasteiger partial charge in [0.05, 0.1) is 0 Å². The molecule has 24 heavy (non-hydrogen) atoms. The van der Waals surface area contributed by atoms with Crippen molar-refractivity contribution in [2.45, 2.75) is 19.4 Å². The van der Waals surface area contributed by atoms with Crippen molar-refractivity contribution < 1.29 is 4.79 Å². The van der Waals surface area contributed by atoms with E-state index < -0.39 is 0 Å². The second kappa shape index (κ2) is 8.31. The number of thiophene rings is 1. The highest BCUT2D eigenvalue weighted by molar-refractivity contribution is 7.09. The molecule has 128 valence electrons. The van der Waals surface area contributed by atoms with Gasteiger partial charge in [-0.3, -0.25) is 4.79 Å². The number of carbonyl (C=O) groups is 1. The van der Waals surface area contributed by atoms with E-state index in [-0.39, 0.29) is 5.91 Å². The van der Waals surface area contributed by atoms with Crippen LogP contribution in [0.2, 0.25) is 0 Å². The number of rotatable bonds is 6. The summed E-state index contributed by atoms with van der Waals surface area (Å²) in [4.78, 5) is 18.0. The smallest absolute Gasteiger partial charge is 0.220 e. The normalized spacial score (nSPS) is 15.5. The standard InChI is InChI=1S/C19H25N3OS/c1-21-10-12-22(13-11-21)17-6-4-16(5-7-17)15-20-19(23)9-8-18-3-2-14-24-18/h2-7,14H,8-13,15H2,1H3,(H,20,23). The fourth-order valence-electron chi connectivity index (χ4n) is 2.87. The molecule has 0 aliphatic carbocycles. The lowest BCUT2D eigenvalue weighted by Crippen LogP contribution is -2.44. The van der Waals surface area contributed by atoms with E-state index in [4.69, 9.17) is 0 Å². The number of aryl methyl sites for hydroxylation is 1. The van der Waals surface area contributed by atoms with E-state index in [0.29, 0.717) is 13.0 Å². The highest BCUT2D eigenvalue weighted by Crippen LogP contribution is 2.17. The number of nitrogens with zero attached hydrogens (tertiary/aromatic N) is 2. The molecule has 5 heteroatoms. The molecule has 0 radical (unpaired) electrons. The Bertz CT molecular complexity index is 631. The van der Waals surface area contributed by atoms with Crippen LogP contribution in [-0.2, 0) is 17.8 Å². The molecule has 1 saturated heterocycles. The molecule has 1 amide bonds. The van der Waals surface area contributed by atoms with Crippen LogP contribution in [0.1, 0.15) is 16.9 Å². The van der Waals surface area contributed by atoms with Crippen LogP contribution >= 0.6 is 11.3 Å². The third-order valence-corrected chi connectivity index (χ3v) is 5.41. The predicted octanol–water partition coefficient (Wildman–Crippen LogP) is 2.75. The van der Waals surface area contributed by atoms with Crippen molar-refractivity contribution >= 4 is 22.9 Å². The van der Waals surface area contributed by atoms with Gasteiger partial charge < -0.3 is 15.1 Å². The van der Waals surface area contributed by atoms with Crippen molar-refractivity contribution in [1.82, 2.24) is 10.2 Å². The lowest BCUT2D eigenvalue weighted by atomic mass is 10.1. The van der Waals surface area contributed by atoms with E-state index in [0.717, 1.165) is 38.2 Å². The van der Waals surface area contributed by atoms with Crippen LogP contribution in [0.3, 0.4) is 0 Å². The molecule has 2 aromatic rings. The van der Waals surface area contributed by atoms with Gasteiger partial charge in [0.15, 0.2) is 0 Å². The van der Waals surface area contributed by atoms with Gasteiger partial charge in [-0.15, -0.1) is 11.3 Å². The summed E-state index contributed by atoms with van der Waals surface area (Å²) in [5.41, 5.74) is 2.42. The molecule has 4 nitrogen and oxygen atoms in total. The van der Waals surface area contributed by atoms with E-state index in [9.17, 15) is 4.79 Å². The van der Waals surface area contributed by atoms with E-state index in [2.05, 4.69) is 57.9 Å². The van der Waals surface area contributed by atoms with Crippen LogP contribution in [0.5, 0.6) is 0 Å². The summed E-state index contributed by atoms with van der Waals surface area (Å²) < 4.78 is 0. The van der Waals surface area contributed by atoms with E-state index >= 15 is 0 Å². The summed E-state index contributed by atoms with van der Waals surface area (Å²) in [7, 11) is 2.17. The molecule has 0 bridgehead atoms. The molecule has 1 N–H and O–H groups in total. The summed E-state index contributed by atoms with van der Waals surface area (Å²) in [5.74, 6) is 0.117. The van der Waals surface area contributed by atoms with Gasteiger partial charge in [-0.1, -0.05) is 18.2 Å². The number of anilines is 1. The summed E-state index contributed by atoms with van der Waals surface area (Å²) in [5, 5.41) is 5.06. The van der Waals surface area contributed by atoms with Crippen LogP contribution < -0.4 is 10.2 Å². The van der Waals surface area contributed by atoms with Crippen LogP contribution in [0, 0.1) is 0 Å². The van der Waals surface area contributed by atoms with E-state index in [1.807, 2.05) is 6.07 Å². The maximum Gasteiger partial charge on any atom is 0.220 e. The lowest BCUT2D eigenvalue weighted by molar-refractivity contribution is -0.121. The highest BCUT2D eigenvalue weighted by Gasteiger charge is 2.13. The van der Waals surface area contributed by atoms with Gasteiger partial charge >= 0.3 is 0 Å². The van der Waals surface area contributed by atoms with Crippen molar-refractivity contribution in [2.24, 2.45) is 0 Å². The van der Waals surface area contributed by atoms with Crippen molar-refractivity contribution in [3.05, 3.63) is 52.2 Å². The average Bonchev–Trinajstić information content (AvgIpc) is 3.13. The maximum absolute atomic E-state index is 11.9. The van der Waals surface area contributed by atoms with Gasteiger partial charge in [0, 0.05) is 49.7 Å². The first kappa shape index (κ1) is 17.0. The molecular formula is C19H25N3OS. The number of nitrogens with one attached hydrogen (secondary N) is 1. The summed E-state index contributed by atoms with van der Waals surface area (Å²) in [6, 6.07) is 12.7. The minimum atomic E-state index is 0.117. The molecular weight excluding hydrogens is 318 g/mol. The minimum absolute atomic E-state index is 0.117. The minimum Gasteiger partial charge on any atom is -0.369 e. The molecule has 1 aliphatic heterocycles. The third-order valence-electron chi connectivity index (χ3n) is 4.47. The zero-order valence-corrected chi connectivity index (χ0v) is 15.0. The van der Waals surface area contributed by atoms with Gasteiger partial charge in [0.1, 0.15) is 0 Å². The Labute approximate surface area is 148 Å². The fourth-order valence-corrected chi connectivity index (χ4v) is 3.58. The Balaban J connectivity index is 1.43. The Morgan fingerprint density at radius 2 is 1.88 bits per heavy atom. The number of piperazine rings is 1. The van der Waals surface area contributed by atoms with Crippen molar-refractivity contribution in [3.63, 3.8) is 0 Å². The van der Waals surface area contributed by atoms with Gasteiger partial charge in [-0.05, 0) is 42.6 Å². The SMILES string of the molecule is CN1CCN(c2ccc(CNC(=O)CCc3cccs3)cc2)CC1. The van der Waals surface area contributed by atoms with Crippen molar-refractivity contribution in [1.29, 1.82) is 0 Å². The summed E-state index contributed by atoms with van der Waals surface area (Å²) >= 11 is 1.71. The number of likely N-dealkylation sites (N-methyl/N-ethyl adjacent to an activating group) is 1. The summed E-state index contributed by atoms with van der Waals surface area (Å²) in [6.07, 6.45) is 1.38. The third kappa shape index (κ3) is 4.82. The molecule has 3 rings (SSSR count). The predicted molar refractivity (Wildman–Crippen MR) is 101 cm³/mol.